The SMILES string of the molecule is CC(C)c1ccccc1OCCNC(=O)c1ccc(F)cc1. The van der Waals surface area contributed by atoms with Crippen LogP contribution in [0.1, 0.15) is 35.7 Å². The molecule has 22 heavy (non-hydrogen) atoms. The molecule has 0 spiro atoms. The first-order valence-electron chi connectivity index (χ1n) is 7.33. The molecule has 0 bridgehead atoms. The molecule has 0 atom stereocenters. The zero-order valence-corrected chi connectivity index (χ0v) is 12.8. The number of nitrogens with one attached hydrogen (secondary N) is 1. The second-order valence-corrected chi connectivity index (χ2v) is 5.30. The Hall–Kier alpha value is -2.36. The molecule has 2 rings (SSSR count). The Morgan fingerprint density at radius 1 is 1.14 bits per heavy atom. The van der Waals surface area contributed by atoms with Gasteiger partial charge in [-0.05, 0) is 41.8 Å². The van der Waals surface area contributed by atoms with Crippen molar-refractivity contribution in [3.05, 3.63) is 65.5 Å². The van der Waals surface area contributed by atoms with Crippen LogP contribution in [0.3, 0.4) is 0 Å². The number of ether oxygens (including phenoxy) is 1. The van der Waals surface area contributed by atoms with Gasteiger partial charge in [0.2, 0.25) is 0 Å². The van der Waals surface area contributed by atoms with E-state index in [9.17, 15) is 9.18 Å². The Balaban J connectivity index is 1.82. The molecule has 0 heterocycles. The van der Waals surface area contributed by atoms with Gasteiger partial charge in [0.1, 0.15) is 18.2 Å². The lowest BCUT2D eigenvalue weighted by Crippen LogP contribution is -2.28. The van der Waals surface area contributed by atoms with Crippen molar-refractivity contribution in [3.8, 4) is 5.75 Å². The van der Waals surface area contributed by atoms with Gasteiger partial charge in [0.25, 0.3) is 5.91 Å². The van der Waals surface area contributed by atoms with Gasteiger partial charge in [-0.25, -0.2) is 4.39 Å². The second kappa shape index (κ2) is 7.59. The lowest BCUT2D eigenvalue weighted by atomic mass is 10.0. The quantitative estimate of drug-likeness (QED) is 0.825. The van der Waals surface area contributed by atoms with Crippen molar-refractivity contribution in [1.82, 2.24) is 5.32 Å². The highest BCUT2D eigenvalue weighted by atomic mass is 19.1. The summed E-state index contributed by atoms with van der Waals surface area (Å²) in [5, 5.41) is 2.75. The lowest BCUT2D eigenvalue weighted by molar-refractivity contribution is 0.0947. The standard InChI is InChI=1S/C18H20FNO2/c1-13(2)16-5-3-4-6-17(16)22-12-11-20-18(21)14-7-9-15(19)10-8-14/h3-10,13H,11-12H2,1-2H3,(H,20,21). The predicted octanol–water partition coefficient (Wildman–Crippen LogP) is 3.76. The first kappa shape index (κ1) is 16.0. The third kappa shape index (κ3) is 4.32. The minimum absolute atomic E-state index is 0.235. The van der Waals surface area contributed by atoms with E-state index in [2.05, 4.69) is 19.2 Å². The van der Waals surface area contributed by atoms with E-state index in [4.69, 9.17) is 4.74 Å². The minimum Gasteiger partial charge on any atom is -0.491 e. The molecule has 0 unspecified atom stereocenters. The Labute approximate surface area is 130 Å². The van der Waals surface area contributed by atoms with Gasteiger partial charge < -0.3 is 10.1 Å². The van der Waals surface area contributed by atoms with Gasteiger partial charge in [-0.3, -0.25) is 4.79 Å². The van der Waals surface area contributed by atoms with Crippen LogP contribution in [0.25, 0.3) is 0 Å². The van der Waals surface area contributed by atoms with E-state index < -0.39 is 0 Å². The number of carbonyl (C=O) groups excluding carboxylic acids is 1. The Morgan fingerprint density at radius 2 is 1.82 bits per heavy atom. The number of hydrogen-bond donors (Lipinski definition) is 1. The molecule has 1 amide bonds. The second-order valence-electron chi connectivity index (χ2n) is 5.30. The summed E-state index contributed by atoms with van der Waals surface area (Å²) in [7, 11) is 0. The fourth-order valence-electron chi connectivity index (χ4n) is 2.12. The maximum absolute atomic E-state index is 12.8. The van der Waals surface area contributed by atoms with Crippen LogP contribution < -0.4 is 10.1 Å². The summed E-state index contributed by atoms with van der Waals surface area (Å²) in [6.07, 6.45) is 0. The summed E-state index contributed by atoms with van der Waals surface area (Å²) >= 11 is 0. The number of hydrogen-bond acceptors (Lipinski definition) is 2. The van der Waals surface area contributed by atoms with Crippen molar-refractivity contribution in [2.75, 3.05) is 13.2 Å². The van der Waals surface area contributed by atoms with Crippen molar-refractivity contribution in [2.45, 2.75) is 19.8 Å². The van der Waals surface area contributed by atoms with Gasteiger partial charge in [-0.2, -0.15) is 0 Å². The molecule has 0 aliphatic rings. The molecule has 3 nitrogen and oxygen atoms in total. The number of halogens is 1. The van der Waals surface area contributed by atoms with E-state index in [1.54, 1.807) is 0 Å². The van der Waals surface area contributed by atoms with Crippen LogP contribution in [0, 0.1) is 5.82 Å². The summed E-state index contributed by atoms with van der Waals surface area (Å²) in [6.45, 7) is 5.00. The van der Waals surface area contributed by atoms with Crippen LogP contribution >= 0.6 is 0 Å². The number of benzene rings is 2. The van der Waals surface area contributed by atoms with Gasteiger partial charge >= 0.3 is 0 Å². The number of carbonyl (C=O) groups is 1. The van der Waals surface area contributed by atoms with Crippen molar-refractivity contribution in [3.63, 3.8) is 0 Å². The van der Waals surface area contributed by atoms with Crippen LogP contribution in [0.15, 0.2) is 48.5 Å². The van der Waals surface area contributed by atoms with Gasteiger partial charge in [0.15, 0.2) is 0 Å². The molecule has 0 saturated heterocycles. The van der Waals surface area contributed by atoms with Crippen LogP contribution in [0.5, 0.6) is 5.75 Å². The van der Waals surface area contributed by atoms with Crippen molar-refractivity contribution in [1.29, 1.82) is 0 Å². The van der Waals surface area contributed by atoms with Gasteiger partial charge in [0, 0.05) is 5.56 Å². The fourth-order valence-corrected chi connectivity index (χ4v) is 2.12. The molecule has 1 N–H and O–H groups in total. The minimum atomic E-state index is -0.356. The van der Waals surface area contributed by atoms with Gasteiger partial charge in [0.05, 0.1) is 6.54 Å². The molecule has 0 aromatic heterocycles. The molecule has 2 aromatic rings. The molecule has 0 fully saturated rings. The highest BCUT2D eigenvalue weighted by Gasteiger charge is 2.07. The topological polar surface area (TPSA) is 38.3 Å². The van der Waals surface area contributed by atoms with Crippen molar-refractivity contribution < 1.29 is 13.9 Å². The number of para-hydroxylation sites is 1. The zero-order chi connectivity index (χ0) is 15.9. The molecule has 0 saturated carbocycles. The molecular weight excluding hydrogens is 281 g/mol. The highest BCUT2D eigenvalue weighted by Crippen LogP contribution is 2.25. The normalized spacial score (nSPS) is 10.5. The Bertz CT molecular complexity index is 623. The number of amides is 1. The van der Waals surface area contributed by atoms with E-state index in [0.717, 1.165) is 11.3 Å². The highest BCUT2D eigenvalue weighted by molar-refractivity contribution is 5.94. The molecule has 0 radical (unpaired) electrons. The molecule has 4 heteroatoms. The summed E-state index contributed by atoms with van der Waals surface area (Å²) in [6, 6.07) is 13.3. The average Bonchev–Trinajstić information content (AvgIpc) is 2.52. The fraction of sp³-hybridized carbons (Fsp3) is 0.278. The Kier molecular flexibility index (Phi) is 5.53. The van der Waals surface area contributed by atoms with E-state index >= 15 is 0 Å². The monoisotopic (exact) mass is 301 g/mol. The number of rotatable bonds is 6. The predicted molar refractivity (Wildman–Crippen MR) is 84.8 cm³/mol. The summed E-state index contributed by atoms with van der Waals surface area (Å²) < 4.78 is 18.5. The van der Waals surface area contributed by atoms with Gasteiger partial charge in [-0.1, -0.05) is 32.0 Å². The first-order valence-corrected chi connectivity index (χ1v) is 7.33. The Morgan fingerprint density at radius 3 is 2.50 bits per heavy atom. The molecular formula is C18H20FNO2. The maximum atomic E-state index is 12.8. The lowest BCUT2D eigenvalue weighted by Gasteiger charge is -2.14. The van der Waals surface area contributed by atoms with Crippen LogP contribution in [0.2, 0.25) is 0 Å². The zero-order valence-electron chi connectivity index (χ0n) is 12.8. The van der Waals surface area contributed by atoms with Gasteiger partial charge in [-0.15, -0.1) is 0 Å². The summed E-state index contributed by atoms with van der Waals surface area (Å²) in [5.41, 5.74) is 1.58. The third-order valence-electron chi connectivity index (χ3n) is 3.29. The van der Waals surface area contributed by atoms with Crippen molar-refractivity contribution >= 4 is 5.91 Å². The molecule has 116 valence electrons. The summed E-state index contributed by atoms with van der Waals surface area (Å²) in [4.78, 5) is 11.9. The first-order chi connectivity index (χ1) is 10.6. The smallest absolute Gasteiger partial charge is 0.251 e. The summed E-state index contributed by atoms with van der Waals surface area (Å²) in [5.74, 6) is 0.629. The average molecular weight is 301 g/mol. The van der Waals surface area contributed by atoms with E-state index in [1.165, 1.54) is 24.3 Å². The van der Waals surface area contributed by atoms with Crippen LogP contribution in [-0.4, -0.2) is 19.1 Å². The van der Waals surface area contributed by atoms with E-state index in [0.29, 0.717) is 24.6 Å². The molecule has 0 aliphatic heterocycles. The van der Waals surface area contributed by atoms with Crippen LogP contribution in [-0.2, 0) is 0 Å². The van der Waals surface area contributed by atoms with E-state index in [-0.39, 0.29) is 11.7 Å². The largest absolute Gasteiger partial charge is 0.491 e. The maximum Gasteiger partial charge on any atom is 0.251 e. The third-order valence-corrected chi connectivity index (χ3v) is 3.29. The molecule has 2 aromatic carbocycles. The molecule has 0 aliphatic carbocycles. The van der Waals surface area contributed by atoms with Crippen molar-refractivity contribution in [2.24, 2.45) is 0 Å². The van der Waals surface area contributed by atoms with Crippen LogP contribution in [0.4, 0.5) is 4.39 Å². The van der Waals surface area contributed by atoms with E-state index in [1.807, 2.05) is 24.3 Å².